The number of benzene rings is 4. The van der Waals surface area contributed by atoms with E-state index in [1.165, 1.54) is 55.6 Å². The van der Waals surface area contributed by atoms with Gasteiger partial charge >= 0.3 is 301 Å². The first-order valence-electron chi connectivity index (χ1n) is 18.2. The average Bonchev–Trinajstić information content (AvgIpc) is 3.64. The summed E-state index contributed by atoms with van der Waals surface area (Å²) in [4.78, 5) is 0. The molecule has 0 aliphatic heterocycles. The SMILES string of the molecule is Cc1cc2c(cc1C(C)(C)C)-c1cc(C(C)(C)C)c(C)cc1[CH]2[Zr](=[C](c1ccc(C(C)C)cc1)c1ccc(C(C)C)cc1)[CH]1C=CC=C1. The van der Waals surface area contributed by atoms with E-state index in [2.05, 4.69) is 180 Å². The Morgan fingerprint density at radius 1 is 0.562 bits per heavy atom. The predicted octanol–water partition coefficient (Wildman–Crippen LogP) is 13.0. The fourth-order valence-corrected chi connectivity index (χ4v) is 17.6. The maximum atomic E-state index is 2.61. The van der Waals surface area contributed by atoms with Gasteiger partial charge in [-0.15, -0.1) is 0 Å². The summed E-state index contributed by atoms with van der Waals surface area (Å²) < 4.78 is 2.54. The first kappa shape index (κ1) is 35.0. The van der Waals surface area contributed by atoms with E-state index in [9.17, 15) is 0 Å². The van der Waals surface area contributed by atoms with E-state index in [4.69, 9.17) is 0 Å². The van der Waals surface area contributed by atoms with Gasteiger partial charge in [0, 0.05) is 0 Å². The molecule has 0 saturated heterocycles. The van der Waals surface area contributed by atoms with E-state index in [0.29, 0.717) is 19.1 Å². The summed E-state index contributed by atoms with van der Waals surface area (Å²) >= 11 is -2.75. The summed E-state index contributed by atoms with van der Waals surface area (Å²) in [6.45, 7) is 28.1. The van der Waals surface area contributed by atoms with Gasteiger partial charge in [0.1, 0.15) is 0 Å². The fraction of sp³-hybridized carbons (Fsp3) is 0.383. The van der Waals surface area contributed by atoms with Crippen molar-refractivity contribution >= 4 is 3.21 Å². The fourth-order valence-electron chi connectivity index (χ4n) is 8.24. The van der Waals surface area contributed by atoms with E-state index in [-0.39, 0.29) is 10.8 Å². The zero-order chi connectivity index (χ0) is 34.7. The van der Waals surface area contributed by atoms with Gasteiger partial charge in [0.05, 0.1) is 0 Å². The van der Waals surface area contributed by atoms with Crippen LogP contribution < -0.4 is 0 Å². The normalized spacial score (nSPS) is 14.7. The van der Waals surface area contributed by atoms with Crippen LogP contribution in [-0.4, -0.2) is 3.21 Å². The molecule has 2 aliphatic rings. The van der Waals surface area contributed by atoms with Crippen LogP contribution in [0.15, 0.2) is 97.1 Å². The Morgan fingerprint density at radius 2 is 0.938 bits per heavy atom. The van der Waals surface area contributed by atoms with Crippen LogP contribution in [0.1, 0.15) is 140 Å². The Hall–Kier alpha value is -2.89. The Balaban J connectivity index is 1.74. The zero-order valence-corrected chi connectivity index (χ0v) is 34.0. The molecule has 48 heavy (non-hydrogen) atoms. The molecule has 0 radical (unpaired) electrons. The molecule has 0 N–H and O–H groups in total. The van der Waals surface area contributed by atoms with Crippen LogP contribution in [0.2, 0.25) is 3.63 Å². The van der Waals surface area contributed by atoms with E-state index in [1.54, 1.807) is 14.3 Å². The van der Waals surface area contributed by atoms with E-state index in [0.717, 1.165) is 0 Å². The molecule has 0 atom stereocenters. The van der Waals surface area contributed by atoms with Gasteiger partial charge in [-0.1, -0.05) is 0 Å². The van der Waals surface area contributed by atoms with Crippen molar-refractivity contribution in [2.24, 2.45) is 0 Å². The molecule has 0 unspecified atom stereocenters. The number of allylic oxidation sites excluding steroid dienone is 4. The number of hydrogen-bond donors (Lipinski definition) is 0. The Morgan fingerprint density at radius 3 is 1.27 bits per heavy atom. The first-order chi connectivity index (χ1) is 22.6. The summed E-state index contributed by atoms with van der Waals surface area (Å²) in [7, 11) is 0. The molecular weight excluding hydrogens is 656 g/mol. The topological polar surface area (TPSA) is 0 Å². The van der Waals surface area contributed by atoms with Gasteiger partial charge in [-0.25, -0.2) is 0 Å². The molecule has 0 saturated carbocycles. The van der Waals surface area contributed by atoms with Crippen molar-refractivity contribution in [3.05, 3.63) is 153 Å². The Kier molecular flexibility index (Phi) is 9.54. The third-order valence-electron chi connectivity index (χ3n) is 10.8. The number of aryl methyl sites for hydroxylation is 2. The van der Waals surface area contributed by atoms with Crippen LogP contribution in [0.3, 0.4) is 0 Å². The van der Waals surface area contributed by atoms with Gasteiger partial charge in [-0.2, -0.15) is 0 Å². The van der Waals surface area contributed by atoms with Gasteiger partial charge in [0.2, 0.25) is 0 Å². The van der Waals surface area contributed by atoms with Gasteiger partial charge in [0.25, 0.3) is 0 Å². The standard InChI is InChI=1S/C23H29.C19H22.C5H5.Zr/c1-14-9-16-11-17-10-15(2)21(23(6,7)8)13-19(17)18(16)12-20(14)22(3,4)5;1-14(2)18-9-5-16(6-10-18)13-17-7-11-19(12-8-17)15(3)4;1-2-4-5-3-1;/h9-13H,1-8H3;5-12,14-15H,1-4H3;1-5H;. The van der Waals surface area contributed by atoms with Crippen molar-refractivity contribution in [1.29, 1.82) is 0 Å². The third-order valence-corrected chi connectivity index (χ3v) is 19.4. The minimum absolute atomic E-state index is 0.0844. The number of fused-ring (bicyclic) bond motifs is 3. The summed E-state index contributed by atoms with van der Waals surface area (Å²) in [5.74, 6) is 1.03. The molecule has 0 aromatic heterocycles. The summed E-state index contributed by atoms with van der Waals surface area (Å²) in [6, 6.07) is 29.7. The van der Waals surface area contributed by atoms with Crippen LogP contribution in [0.25, 0.3) is 11.1 Å². The second-order valence-electron chi connectivity index (χ2n) is 17.1. The van der Waals surface area contributed by atoms with Gasteiger partial charge in [-0.05, 0) is 0 Å². The molecule has 0 amide bonds. The molecule has 2 aliphatic carbocycles. The van der Waals surface area contributed by atoms with Gasteiger partial charge in [-0.3, -0.25) is 0 Å². The van der Waals surface area contributed by atoms with Crippen LogP contribution in [-0.2, 0) is 32.1 Å². The third kappa shape index (κ3) is 6.54. The number of rotatable bonds is 6. The monoisotopic (exact) mass is 710 g/mol. The molecule has 4 aromatic rings. The molecular formula is C47H56Zr. The van der Waals surface area contributed by atoms with Crippen molar-refractivity contribution in [2.45, 2.75) is 113 Å². The Labute approximate surface area is 299 Å². The van der Waals surface area contributed by atoms with Gasteiger partial charge < -0.3 is 0 Å². The average molecular weight is 712 g/mol. The summed E-state index contributed by atoms with van der Waals surface area (Å²) in [6.07, 6.45) is 9.69. The molecule has 0 nitrogen and oxygen atoms in total. The zero-order valence-electron chi connectivity index (χ0n) is 31.5. The second-order valence-corrected chi connectivity index (χ2v) is 23.6. The molecule has 4 aromatic carbocycles. The maximum absolute atomic E-state index is 2.75. The molecule has 0 bridgehead atoms. The molecule has 0 fully saturated rings. The van der Waals surface area contributed by atoms with Crippen molar-refractivity contribution in [3.63, 3.8) is 0 Å². The van der Waals surface area contributed by atoms with E-state index < -0.39 is 21.3 Å². The molecule has 0 spiro atoms. The van der Waals surface area contributed by atoms with Crippen LogP contribution in [0.4, 0.5) is 0 Å². The van der Waals surface area contributed by atoms with Crippen molar-refractivity contribution < 1.29 is 21.3 Å². The molecule has 1 heteroatoms. The van der Waals surface area contributed by atoms with Crippen molar-refractivity contribution in [2.75, 3.05) is 0 Å². The van der Waals surface area contributed by atoms with E-state index >= 15 is 0 Å². The van der Waals surface area contributed by atoms with Crippen molar-refractivity contribution in [1.82, 2.24) is 0 Å². The van der Waals surface area contributed by atoms with Crippen LogP contribution >= 0.6 is 0 Å². The van der Waals surface area contributed by atoms with Crippen LogP contribution in [0, 0.1) is 13.8 Å². The summed E-state index contributed by atoms with van der Waals surface area (Å²) in [5, 5.41) is 0. The minimum atomic E-state index is -2.75. The van der Waals surface area contributed by atoms with Crippen molar-refractivity contribution in [3.8, 4) is 11.1 Å². The van der Waals surface area contributed by atoms with E-state index in [1.807, 2.05) is 0 Å². The second kappa shape index (κ2) is 13.1. The molecule has 0 heterocycles. The predicted molar refractivity (Wildman–Crippen MR) is 207 cm³/mol. The van der Waals surface area contributed by atoms with Gasteiger partial charge in [0.15, 0.2) is 0 Å². The van der Waals surface area contributed by atoms with Crippen LogP contribution in [0.5, 0.6) is 0 Å². The number of hydrogen-bond acceptors (Lipinski definition) is 0. The Bertz CT molecular complexity index is 1790. The summed E-state index contributed by atoms with van der Waals surface area (Å²) in [5.41, 5.74) is 17.7. The molecule has 248 valence electrons. The molecule has 6 rings (SSSR count). The quantitative estimate of drug-likeness (QED) is 0.187. The first-order valence-corrected chi connectivity index (χ1v) is 22.2.